The molecule has 6 heteroatoms. The summed E-state index contributed by atoms with van der Waals surface area (Å²) >= 11 is 0. The normalized spacial score (nSPS) is 12.3. The summed E-state index contributed by atoms with van der Waals surface area (Å²) in [5.41, 5.74) is 0.00650. The van der Waals surface area contributed by atoms with E-state index in [1.807, 2.05) is 60.7 Å². The second kappa shape index (κ2) is 8.32. The lowest BCUT2D eigenvalue weighted by Gasteiger charge is -2.28. The Hall–Kier alpha value is -3.04. The van der Waals surface area contributed by atoms with E-state index >= 15 is 0 Å². The molecule has 0 saturated heterocycles. The van der Waals surface area contributed by atoms with Gasteiger partial charge in [-0.15, -0.1) is 0 Å². The van der Waals surface area contributed by atoms with Crippen LogP contribution in [0.5, 0.6) is 0 Å². The molecular formula is C22H20NO4P. The summed E-state index contributed by atoms with van der Waals surface area (Å²) in [6, 6.07) is 24.2. The van der Waals surface area contributed by atoms with Gasteiger partial charge in [0.1, 0.15) is 5.78 Å². The predicted molar refractivity (Wildman–Crippen MR) is 111 cm³/mol. The van der Waals surface area contributed by atoms with Gasteiger partial charge >= 0.3 is 0 Å². The third kappa shape index (κ3) is 3.95. The Kier molecular flexibility index (Phi) is 5.86. The molecule has 0 amide bonds. The van der Waals surface area contributed by atoms with E-state index in [-0.39, 0.29) is 17.9 Å². The minimum Gasteiger partial charge on any atom is -0.313 e. The molecule has 0 aliphatic carbocycles. The number of nitrogens with zero attached hydrogens (tertiary/aromatic N) is 1. The Balaban J connectivity index is 2.22. The molecule has 0 aromatic heterocycles. The third-order valence-electron chi connectivity index (χ3n) is 4.69. The van der Waals surface area contributed by atoms with E-state index in [2.05, 4.69) is 0 Å². The molecule has 0 N–H and O–H groups in total. The van der Waals surface area contributed by atoms with E-state index in [1.54, 1.807) is 12.1 Å². The van der Waals surface area contributed by atoms with Crippen molar-refractivity contribution in [2.75, 3.05) is 0 Å². The molecule has 0 fully saturated rings. The van der Waals surface area contributed by atoms with Crippen LogP contribution >= 0.6 is 7.14 Å². The standard InChI is InChI=1S/C22H20NO4P/c1-17(24)16-22(18-12-14-19(15-13-18)23(25)26)28(27,20-8-4-2-5-9-20)21-10-6-3-7-11-21/h2-15,22H,16H2,1H3/t22-/m0/s1. The fourth-order valence-electron chi connectivity index (χ4n) is 3.35. The van der Waals surface area contributed by atoms with Crippen LogP contribution in [0.1, 0.15) is 24.6 Å². The molecule has 1 atom stereocenters. The van der Waals surface area contributed by atoms with Crippen molar-refractivity contribution in [1.82, 2.24) is 0 Å². The lowest BCUT2D eigenvalue weighted by molar-refractivity contribution is -0.384. The number of ketones is 1. The number of hydrogen-bond acceptors (Lipinski definition) is 4. The summed E-state index contributed by atoms with van der Waals surface area (Å²) in [4.78, 5) is 22.6. The molecule has 0 spiro atoms. The van der Waals surface area contributed by atoms with Gasteiger partial charge in [-0.3, -0.25) is 14.9 Å². The summed E-state index contributed by atoms with van der Waals surface area (Å²) in [6.07, 6.45) is 0.0822. The summed E-state index contributed by atoms with van der Waals surface area (Å²) < 4.78 is 14.6. The minimum atomic E-state index is -3.24. The minimum absolute atomic E-state index is 0.0421. The molecule has 0 aliphatic rings. The molecule has 28 heavy (non-hydrogen) atoms. The summed E-state index contributed by atoms with van der Waals surface area (Å²) in [6.45, 7) is 1.47. The predicted octanol–water partition coefficient (Wildman–Crippen LogP) is 4.63. The second-order valence-electron chi connectivity index (χ2n) is 6.60. The van der Waals surface area contributed by atoms with E-state index in [4.69, 9.17) is 0 Å². The fraction of sp³-hybridized carbons (Fsp3) is 0.136. The number of rotatable bonds is 7. The molecule has 142 valence electrons. The first-order valence-corrected chi connectivity index (χ1v) is 10.7. The van der Waals surface area contributed by atoms with Gasteiger partial charge in [-0.25, -0.2) is 0 Å². The molecule has 3 rings (SSSR count). The van der Waals surface area contributed by atoms with Crippen LogP contribution in [0, 0.1) is 10.1 Å². The van der Waals surface area contributed by atoms with Crippen molar-refractivity contribution in [3.8, 4) is 0 Å². The number of carbonyl (C=O) groups excluding carboxylic acids is 1. The molecule has 3 aromatic carbocycles. The van der Waals surface area contributed by atoms with Crippen LogP contribution in [0.2, 0.25) is 0 Å². The summed E-state index contributed by atoms with van der Waals surface area (Å²) in [5.74, 6) is -0.0876. The van der Waals surface area contributed by atoms with Crippen LogP contribution in [0.4, 0.5) is 5.69 Å². The monoisotopic (exact) mass is 393 g/mol. The first-order chi connectivity index (χ1) is 13.4. The molecule has 0 heterocycles. The van der Waals surface area contributed by atoms with Crippen LogP contribution in [0.25, 0.3) is 0 Å². The van der Waals surface area contributed by atoms with Crippen molar-refractivity contribution < 1.29 is 14.3 Å². The van der Waals surface area contributed by atoms with Crippen molar-refractivity contribution in [2.24, 2.45) is 0 Å². The topological polar surface area (TPSA) is 77.3 Å². The average Bonchev–Trinajstić information content (AvgIpc) is 2.72. The number of nitro groups is 1. The fourth-order valence-corrected chi connectivity index (χ4v) is 6.71. The number of carbonyl (C=O) groups is 1. The number of nitro benzene ring substituents is 1. The Morgan fingerprint density at radius 2 is 1.36 bits per heavy atom. The van der Waals surface area contributed by atoms with Crippen molar-refractivity contribution in [3.63, 3.8) is 0 Å². The number of Topliss-reactive ketones (excluding diaryl/α,β-unsaturated/α-hetero) is 1. The maximum absolute atomic E-state index is 14.6. The Morgan fingerprint density at radius 1 is 0.893 bits per heavy atom. The zero-order valence-corrected chi connectivity index (χ0v) is 16.3. The highest BCUT2D eigenvalue weighted by Gasteiger charge is 2.38. The van der Waals surface area contributed by atoms with Crippen molar-refractivity contribution in [3.05, 3.63) is 101 Å². The van der Waals surface area contributed by atoms with Gasteiger partial charge in [0.15, 0.2) is 7.14 Å². The van der Waals surface area contributed by atoms with Crippen molar-refractivity contribution in [1.29, 1.82) is 0 Å². The van der Waals surface area contributed by atoms with E-state index in [0.29, 0.717) is 16.2 Å². The molecule has 0 aliphatic heterocycles. The summed E-state index contributed by atoms with van der Waals surface area (Å²) in [7, 11) is -3.24. The van der Waals surface area contributed by atoms with Crippen LogP contribution in [-0.4, -0.2) is 10.7 Å². The quantitative estimate of drug-likeness (QED) is 0.333. The van der Waals surface area contributed by atoms with Crippen LogP contribution in [0.15, 0.2) is 84.9 Å². The number of hydrogen-bond donors (Lipinski definition) is 0. The van der Waals surface area contributed by atoms with Gasteiger partial charge in [0.2, 0.25) is 0 Å². The van der Waals surface area contributed by atoms with E-state index in [0.717, 1.165) is 0 Å². The van der Waals surface area contributed by atoms with Crippen LogP contribution in [-0.2, 0) is 9.36 Å². The highest BCUT2D eigenvalue weighted by molar-refractivity contribution is 7.79. The van der Waals surface area contributed by atoms with Gasteiger partial charge in [-0.2, -0.15) is 0 Å². The molecular weight excluding hydrogens is 373 g/mol. The third-order valence-corrected chi connectivity index (χ3v) is 8.18. The smallest absolute Gasteiger partial charge is 0.269 e. The van der Waals surface area contributed by atoms with E-state index in [9.17, 15) is 19.5 Å². The zero-order chi connectivity index (χ0) is 20.1. The highest BCUT2D eigenvalue weighted by atomic mass is 31.2. The number of benzene rings is 3. The van der Waals surface area contributed by atoms with Gasteiger partial charge < -0.3 is 4.57 Å². The lowest BCUT2D eigenvalue weighted by Crippen LogP contribution is -2.22. The Bertz CT molecular complexity index is 974. The lowest BCUT2D eigenvalue weighted by atomic mass is 10.1. The van der Waals surface area contributed by atoms with Gasteiger partial charge in [0.25, 0.3) is 5.69 Å². The average molecular weight is 393 g/mol. The molecule has 0 radical (unpaired) electrons. The van der Waals surface area contributed by atoms with Crippen molar-refractivity contribution in [2.45, 2.75) is 19.0 Å². The van der Waals surface area contributed by atoms with Crippen LogP contribution in [0.3, 0.4) is 0 Å². The first kappa shape index (κ1) is 19.7. The largest absolute Gasteiger partial charge is 0.313 e. The number of non-ortho nitro benzene ring substituents is 1. The molecule has 0 unspecified atom stereocenters. The van der Waals surface area contributed by atoms with E-state index in [1.165, 1.54) is 19.1 Å². The van der Waals surface area contributed by atoms with Gasteiger partial charge in [-0.05, 0) is 12.5 Å². The van der Waals surface area contributed by atoms with Gasteiger partial charge in [0, 0.05) is 29.2 Å². The van der Waals surface area contributed by atoms with E-state index < -0.39 is 17.7 Å². The second-order valence-corrected chi connectivity index (χ2v) is 9.57. The van der Waals surface area contributed by atoms with Crippen molar-refractivity contribution >= 4 is 29.2 Å². The summed E-state index contributed by atoms with van der Waals surface area (Å²) in [5, 5.41) is 12.3. The molecule has 5 nitrogen and oxygen atoms in total. The first-order valence-electron chi connectivity index (χ1n) is 8.87. The zero-order valence-electron chi connectivity index (χ0n) is 15.4. The Morgan fingerprint density at radius 3 is 1.75 bits per heavy atom. The maximum Gasteiger partial charge on any atom is 0.269 e. The maximum atomic E-state index is 14.6. The molecule has 3 aromatic rings. The van der Waals surface area contributed by atoms with Gasteiger partial charge in [-0.1, -0.05) is 72.8 Å². The van der Waals surface area contributed by atoms with Crippen LogP contribution < -0.4 is 10.6 Å². The Labute approximate surface area is 163 Å². The van der Waals surface area contributed by atoms with Gasteiger partial charge in [0.05, 0.1) is 10.6 Å². The molecule has 0 saturated carbocycles. The SMILES string of the molecule is CC(=O)C[C@@H](c1ccc([N+](=O)[O-])cc1)P(=O)(c1ccccc1)c1ccccc1. The molecule has 0 bridgehead atoms. The highest BCUT2D eigenvalue weighted by Crippen LogP contribution is 2.58.